The van der Waals surface area contributed by atoms with Gasteiger partial charge in [0.05, 0.1) is 17.1 Å². The Balaban J connectivity index is 1.37. The second-order valence-corrected chi connectivity index (χ2v) is 22.5. The van der Waals surface area contributed by atoms with E-state index in [4.69, 9.17) is 23.6 Å². The summed E-state index contributed by atoms with van der Waals surface area (Å²) in [6.07, 6.45) is 0. The molecule has 0 aromatic heterocycles. The van der Waals surface area contributed by atoms with E-state index in [2.05, 4.69) is 98.5 Å². The first-order valence-electron chi connectivity index (χ1n) is 17.2. The van der Waals surface area contributed by atoms with Crippen molar-refractivity contribution in [1.82, 2.24) is 0 Å². The van der Waals surface area contributed by atoms with Crippen LogP contribution in [0, 0.1) is 32.4 Å². The quantitative estimate of drug-likeness (QED) is 0.165. The summed E-state index contributed by atoms with van der Waals surface area (Å²) in [7, 11) is 0. The Kier molecular flexibility index (Phi) is 7.88. The summed E-state index contributed by atoms with van der Waals surface area (Å²) in [6.45, 7) is 6.39. The van der Waals surface area contributed by atoms with E-state index in [1.54, 1.807) is 24.3 Å². The van der Waals surface area contributed by atoms with Crippen molar-refractivity contribution in [3.05, 3.63) is 174 Å². The first-order valence-corrected chi connectivity index (χ1v) is 22.8. The second-order valence-electron chi connectivity index (χ2n) is 13.8. The predicted molar refractivity (Wildman–Crippen MR) is 225 cm³/mol. The first-order chi connectivity index (χ1) is 25.0. The molecular weight excluding hydrogens is 719 g/mol. The van der Waals surface area contributed by atoms with Crippen LogP contribution in [0.1, 0.15) is 16.7 Å². The number of fused-ring (bicyclic) bond motifs is 4. The molecule has 2 heterocycles. The van der Waals surface area contributed by atoms with Gasteiger partial charge < -0.3 is 4.90 Å². The maximum Gasteiger partial charge on any atom is 0.123 e. The molecule has 52 heavy (non-hydrogen) atoms. The number of hydrogen-bond donors (Lipinski definition) is 0. The maximum atomic E-state index is 14.5. The van der Waals surface area contributed by atoms with Crippen molar-refractivity contribution in [3.8, 4) is 22.3 Å². The second kappa shape index (κ2) is 12.3. The van der Waals surface area contributed by atoms with Crippen molar-refractivity contribution in [2.24, 2.45) is 0 Å². The summed E-state index contributed by atoms with van der Waals surface area (Å²) >= 11 is 14.3. The highest BCUT2D eigenvalue weighted by molar-refractivity contribution is 8.27. The summed E-state index contributed by atoms with van der Waals surface area (Å²) in [6, 6.07) is 42.8. The van der Waals surface area contributed by atoms with Crippen molar-refractivity contribution < 1.29 is 8.78 Å². The van der Waals surface area contributed by atoms with Gasteiger partial charge in [-0.15, -0.1) is 0 Å². The highest BCUT2D eigenvalue weighted by Gasteiger charge is 2.46. The fraction of sp³-hybridized carbons (Fsp3) is 0.0667. The van der Waals surface area contributed by atoms with Gasteiger partial charge in [0.1, 0.15) is 11.6 Å². The standard InChI is InChI=1S/C45H33F2NP2S2/c1-28-16-18-39-41(20-28)49(51,37-14-6-10-33(26-37)31-8-4-12-35(46)24-31)43-22-30(3)23-44-45(43)48(39)40-19-17-29(2)21-42(40)50(44,52)38-15-7-11-34(27-38)32-9-5-13-36(47)25-32/h4-27H,1-3H3. The highest BCUT2D eigenvalue weighted by Crippen LogP contribution is 2.61. The minimum atomic E-state index is -2.71. The van der Waals surface area contributed by atoms with E-state index in [0.717, 1.165) is 87.8 Å². The molecule has 0 saturated heterocycles. The molecule has 1 nitrogen and oxygen atoms in total. The molecule has 9 rings (SSSR count). The van der Waals surface area contributed by atoms with Crippen LogP contribution >= 0.6 is 12.1 Å². The van der Waals surface area contributed by atoms with E-state index < -0.39 is 12.1 Å². The zero-order valence-electron chi connectivity index (χ0n) is 28.8. The summed E-state index contributed by atoms with van der Waals surface area (Å²) in [5.41, 5.74) is 10.1. The minimum absolute atomic E-state index is 0.269. The van der Waals surface area contributed by atoms with Gasteiger partial charge in [-0.1, -0.05) is 108 Å². The lowest BCUT2D eigenvalue weighted by Crippen LogP contribution is -2.46. The molecule has 0 fully saturated rings. The molecule has 2 aliphatic rings. The van der Waals surface area contributed by atoms with E-state index in [1.807, 2.05) is 36.4 Å². The lowest BCUT2D eigenvalue weighted by atomic mass is 10.1. The number of hydrogen-bond acceptors (Lipinski definition) is 3. The van der Waals surface area contributed by atoms with Gasteiger partial charge in [-0.05, 0) is 132 Å². The Labute approximate surface area is 313 Å². The molecule has 0 bridgehead atoms. The van der Waals surface area contributed by atoms with Crippen molar-refractivity contribution in [1.29, 1.82) is 0 Å². The van der Waals surface area contributed by atoms with Crippen LogP contribution < -0.4 is 36.7 Å². The van der Waals surface area contributed by atoms with Crippen LogP contribution in [-0.2, 0) is 23.6 Å². The van der Waals surface area contributed by atoms with Crippen LogP contribution in [0.25, 0.3) is 22.3 Å². The molecule has 0 spiro atoms. The Hall–Kier alpha value is -4.50. The molecule has 2 unspecified atom stereocenters. The van der Waals surface area contributed by atoms with Crippen molar-refractivity contribution in [3.63, 3.8) is 0 Å². The Morgan fingerprint density at radius 2 is 0.808 bits per heavy atom. The van der Waals surface area contributed by atoms with Gasteiger partial charge in [-0.2, -0.15) is 0 Å². The number of rotatable bonds is 4. The molecule has 0 N–H and O–H groups in total. The van der Waals surface area contributed by atoms with Crippen molar-refractivity contribution in [2.75, 3.05) is 4.90 Å². The minimum Gasteiger partial charge on any atom is -0.308 e. The molecule has 7 aromatic carbocycles. The van der Waals surface area contributed by atoms with Crippen LogP contribution in [0.5, 0.6) is 0 Å². The average Bonchev–Trinajstić information content (AvgIpc) is 3.15. The summed E-state index contributed by atoms with van der Waals surface area (Å²) in [4.78, 5) is 2.41. The van der Waals surface area contributed by atoms with Gasteiger partial charge in [-0.3, -0.25) is 0 Å². The molecule has 0 amide bonds. The van der Waals surface area contributed by atoms with Gasteiger partial charge in [0, 0.05) is 33.3 Å². The Morgan fingerprint density at radius 3 is 1.23 bits per heavy atom. The van der Waals surface area contributed by atoms with Gasteiger partial charge in [0.25, 0.3) is 0 Å². The maximum absolute atomic E-state index is 14.5. The van der Waals surface area contributed by atoms with Crippen LogP contribution in [0.15, 0.2) is 146 Å². The van der Waals surface area contributed by atoms with E-state index in [0.29, 0.717) is 0 Å². The topological polar surface area (TPSA) is 3.24 Å². The lowest BCUT2D eigenvalue weighted by molar-refractivity contribution is 0.628. The van der Waals surface area contributed by atoms with E-state index >= 15 is 0 Å². The van der Waals surface area contributed by atoms with E-state index in [-0.39, 0.29) is 11.6 Å². The summed E-state index contributed by atoms with van der Waals surface area (Å²) in [5, 5.41) is 6.62. The van der Waals surface area contributed by atoms with Gasteiger partial charge in [0.2, 0.25) is 0 Å². The SMILES string of the molecule is Cc1ccc2c(c1)P(=S)(c1cccc(-c3cccc(F)c3)c1)c1cc(C)cc3c1N2c1ccc(C)cc1P3(=S)c1cccc(-c2cccc(F)c2)c1. The van der Waals surface area contributed by atoms with Gasteiger partial charge >= 0.3 is 0 Å². The number of halogens is 2. The third-order valence-electron chi connectivity index (χ3n) is 10.3. The average molecular weight is 752 g/mol. The molecule has 7 aromatic rings. The van der Waals surface area contributed by atoms with Gasteiger partial charge in [-0.25, -0.2) is 8.78 Å². The molecular formula is C45H33F2NP2S2. The Bertz CT molecular complexity index is 2560. The Morgan fingerprint density at radius 1 is 0.423 bits per heavy atom. The molecule has 254 valence electrons. The van der Waals surface area contributed by atoms with E-state index in [1.165, 1.54) is 12.1 Å². The fourth-order valence-corrected chi connectivity index (χ4v) is 16.8. The highest BCUT2D eigenvalue weighted by atomic mass is 32.4. The number of benzene rings is 7. The van der Waals surface area contributed by atoms with Crippen LogP contribution in [0.4, 0.5) is 25.8 Å². The summed E-state index contributed by atoms with van der Waals surface area (Å²) < 4.78 is 28.9. The third-order valence-corrected chi connectivity index (χ3v) is 20.0. The third kappa shape index (κ3) is 5.06. The smallest absolute Gasteiger partial charge is 0.123 e. The van der Waals surface area contributed by atoms with Crippen molar-refractivity contribution in [2.45, 2.75) is 20.8 Å². The van der Waals surface area contributed by atoms with E-state index in [9.17, 15) is 8.78 Å². The van der Waals surface area contributed by atoms with Crippen molar-refractivity contribution >= 4 is 84.6 Å². The molecule has 7 heteroatoms. The first kappa shape index (κ1) is 33.3. The molecule has 0 radical (unpaired) electrons. The normalized spacial score (nSPS) is 18.4. The number of aryl methyl sites for hydroxylation is 3. The zero-order valence-corrected chi connectivity index (χ0v) is 32.2. The lowest BCUT2D eigenvalue weighted by Gasteiger charge is -2.47. The predicted octanol–water partition coefficient (Wildman–Crippen LogP) is 9.83. The van der Waals surface area contributed by atoms with Crippen LogP contribution in [0.2, 0.25) is 0 Å². The fourth-order valence-electron chi connectivity index (χ4n) is 7.88. The summed E-state index contributed by atoms with van der Waals surface area (Å²) in [5.74, 6) is -0.539. The largest absolute Gasteiger partial charge is 0.308 e. The molecule has 0 saturated carbocycles. The molecule has 2 atom stereocenters. The number of nitrogens with zero attached hydrogens (tertiary/aromatic N) is 1. The molecule has 0 aliphatic carbocycles. The molecule has 2 aliphatic heterocycles. The number of anilines is 3. The van der Waals surface area contributed by atoms with Gasteiger partial charge in [0.15, 0.2) is 0 Å². The van der Waals surface area contributed by atoms with Crippen LogP contribution in [0.3, 0.4) is 0 Å². The monoisotopic (exact) mass is 751 g/mol. The zero-order chi connectivity index (χ0) is 35.9. The van der Waals surface area contributed by atoms with Crippen LogP contribution in [-0.4, -0.2) is 0 Å².